The topological polar surface area (TPSA) is 83.8 Å². The number of carbonyl (C=O) groups is 1. The van der Waals surface area contributed by atoms with Gasteiger partial charge in [0.05, 0.1) is 29.6 Å². The number of hydrazone groups is 1. The minimum atomic E-state index is -0.387. The van der Waals surface area contributed by atoms with E-state index in [1.165, 1.54) is 12.3 Å². The Balaban J connectivity index is 1.58. The van der Waals surface area contributed by atoms with Crippen LogP contribution in [0.15, 0.2) is 77.9 Å². The number of amides is 1. The fraction of sp³-hybridized carbons (Fsp3) is 0.115. The summed E-state index contributed by atoms with van der Waals surface area (Å²) in [6, 6.07) is 21.4. The number of carbonyl (C=O) groups excluding carboxylic acids is 1. The summed E-state index contributed by atoms with van der Waals surface area (Å²) in [5.41, 5.74) is 5.63. The quantitative estimate of drug-likeness (QED) is 0.269. The number of phenols is 1. The van der Waals surface area contributed by atoms with Crippen molar-refractivity contribution in [3.05, 3.63) is 88.9 Å². The molecular weight excluding hydrogens is 438 g/mol. The van der Waals surface area contributed by atoms with E-state index in [4.69, 9.17) is 16.3 Å². The number of pyridine rings is 1. The number of hydrogen-bond acceptors (Lipinski definition) is 5. The number of fused-ring (bicyclic) bond motifs is 1. The molecule has 4 aromatic rings. The van der Waals surface area contributed by atoms with Gasteiger partial charge in [-0.05, 0) is 42.8 Å². The van der Waals surface area contributed by atoms with Gasteiger partial charge in [0.1, 0.15) is 11.5 Å². The van der Waals surface area contributed by atoms with Crippen molar-refractivity contribution in [2.45, 2.75) is 13.3 Å². The predicted molar refractivity (Wildman–Crippen MR) is 131 cm³/mol. The van der Waals surface area contributed by atoms with Gasteiger partial charge in [0.25, 0.3) is 5.91 Å². The Morgan fingerprint density at radius 1 is 1.12 bits per heavy atom. The monoisotopic (exact) mass is 459 g/mol. The van der Waals surface area contributed by atoms with Gasteiger partial charge in [-0.15, -0.1) is 0 Å². The molecule has 0 aliphatic carbocycles. The Morgan fingerprint density at radius 2 is 1.91 bits per heavy atom. The predicted octanol–water partition coefficient (Wildman–Crippen LogP) is 5.81. The lowest BCUT2D eigenvalue weighted by atomic mass is 10.0. The first-order valence-corrected chi connectivity index (χ1v) is 10.9. The molecule has 4 rings (SSSR count). The molecule has 1 aromatic heterocycles. The Kier molecular flexibility index (Phi) is 6.86. The van der Waals surface area contributed by atoms with E-state index in [1.807, 2.05) is 43.3 Å². The van der Waals surface area contributed by atoms with E-state index in [0.29, 0.717) is 45.1 Å². The third-order valence-electron chi connectivity index (χ3n) is 4.95. The van der Waals surface area contributed by atoms with Crippen LogP contribution in [0.4, 0.5) is 0 Å². The van der Waals surface area contributed by atoms with Crippen LogP contribution in [-0.2, 0) is 0 Å². The van der Waals surface area contributed by atoms with Gasteiger partial charge in [-0.1, -0.05) is 48.9 Å². The molecule has 166 valence electrons. The van der Waals surface area contributed by atoms with Crippen LogP contribution in [0.5, 0.6) is 11.5 Å². The van der Waals surface area contributed by atoms with Crippen LogP contribution in [0.1, 0.15) is 29.3 Å². The van der Waals surface area contributed by atoms with Crippen LogP contribution < -0.4 is 10.2 Å². The lowest BCUT2D eigenvalue weighted by Crippen LogP contribution is -2.18. The second-order valence-electron chi connectivity index (χ2n) is 7.35. The standard InChI is InChI=1S/C26H22ClN3O3/c1-2-13-33-20-12-9-18(25(31)14-20)16-28-30-26(32)22-15-24(17-7-10-19(27)11-8-17)29-23-6-4-3-5-21(22)23/h3-12,14-16,31H,2,13H2,1H3,(H,30,32)/b28-16-. The van der Waals surface area contributed by atoms with E-state index < -0.39 is 0 Å². The molecule has 0 aliphatic heterocycles. The molecule has 0 saturated heterocycles. The molecule has 0 bridgehead atoms. The lowest BCUT2D eigenvalue weighted by molar-refractivity contribution is 0.0956. The normalized spacial score (nSPS) is 11.1. The molecule has 0 saturated carbocycles. The zero-order valence-corrected chi connectivity index (χ0v) is 18.7. The fourth-order valence-electron chi connectivity index (χ4n) is 3.29. The van der Waals surface area contributed by atoms with E-state index in [-0.39, 0.29) is 11.7 Å². The van der Waals surface area contributed by atoms with Gasteiger partial charge >= 0.3 is 0 Å². The van der Waals surface area contributed by atoms with Gasteiger partial charge in [-0.25, -0.2) is 10.4 Å². The zero-order chi connectivity index (χ0) is 23.2. The molecule has 2 N–H and O–H groups in total. The SMILES string of the molecule is CCCOc1ccc(/C=N\NC(=O)c2cc(-c3ccc(Cl)cc3)nc3ccccc23)c(O)c1. The highest BCUT2D eigenvalue weighted by Crippen LogP contribution is 2.26. The number of nitrogens with one attached hydrogen (secondary N) is 1. The largest absolute Gasteiger partial charge is 0.507 e. The van der Waals surface area contributed by atoms with Crippen molar-refractivity contribution < 1.29 is 14.6 Å². The highest BCUT2D eigenvalue weighted by Gasteiger charge is 2.13. The minimum absolute atomic E-state index is 0.0148. The summed E-state index contributed by atoms with van der Waals surface area (Å²) in [5.74, 6) is 0.206. The maximum Gasteiger partial charge on any atom is 0.272 e. The summed E-state index contributed by atoms with van der Waals surface area (Å²) >= 11 is 6.00. The maximum atomic E-state index is 13.0. The molecule has 3 aromatic carbocycles. The van der Waals surface area contributed by atoms with E-state index in [9.17, 15) is 9.90 Å². The third kappa shape index (κ3) is 5.30. The number of halogens is 1. The molecule has 1 heterocycles. The minimum Gasteiger partial charge on any atom is -0.507 e. The highest BCUT2D eigenvalue weighted by atomic mass is 35.5. The van der Waals surface area contributed by atoms with Crippen molar-refractivity contribution in [1.29, 1.82) is 0 Å². The Morgan fingerprint density at radius 3 is 2.67 bits per heavy atom. The molecule has 33 heavy (non-hydrogen) atoms. The number of phenolic OH excluding ortho intramolecular Hbond substituents is 1. The van der Waals surface area contributed by atoms with E-state index in [2.05, 4.69) is 15.5 Å². The first kappa shape index (κ1) is 22.3. The number of aromatic hydroxyl groups is 1. The summed E-state index contributed by atoms with van der Waals surface area (Å²) in [7, 11) is 0. The van der Waals surface area contributed by atoms with E-state index in [0.717, 1.165) is 12.0 Å². The van der Waals surface area contributed by atoms with Gasteiger partial charge in [0.2, 0.25) is 0 Å². The number of aromatic nitrogens is 1. The Hall–Kier alpha value is -3.90. The van der Waals surface area contributed by atoms with Crippen LogP contribution in [0.3, 0.4) is 0 Å². The molecule has 0 aliphatic rings. The Bertz CT molecular complexity index is 1320. The summed E-state index contributed by atoms with van der Waals surface area (Å²) in [5, 5.41) is 15.6. The lowest BCUT2D eigenvalue weighted by Gasteiger charge is -2.09. The average molecular weight is 460 g/mol. The number of ether oxygens (including phenoxy) is 1. The van der Waals surface area contributed by atoms with Crippen LogP contribution >= 0.6 is 11.6 Å². The van der Waals surface area contributed by atoms with Gasteiger partial charge in [-0.3, -0.25) is 4.79 Å². The maximum absolute atomic E-state index is 13.0. The van der Waals surface area contributed by atoms with Crippen molar-refractivity contribution in [2.75, 3.05) is 6.61 Å². The van der Waals surface area contributed by atoms with Crippen molar-refractivity contribution in [1.82, 2.24) is 10.4 Å². The smallest absolute Gasteiger partial charge is 0.272 e. The molecule has 0 atom stereocenters. The van der Waals surface area contributed by atoms with Crippen molar-refractivity contribution in [2.24, 2.45) is 5.10 Å². The van der Waals surface area contributed by atoms with Gasteiger partial charge in [0.15, 0.2) is 0 Å². The van der Waals surface area contributed by atoms with Crippen LogP contribution in [0.2, 0.25) is 5.02 Å². The van der Waals surface area contributed by atoms with Crippen LogP contribution in [0, 0.1) is 0 Å². The molecule has 0 fully saturated rings. The molecule has 0 unspecified atom stereocenters. The first-order valence-electron chi connectivity index (χ1n) is 10.5. The van der Waals surface area contributed by atoms with Crippen LogP contribution in [-0.4, -0.2) is 28.8 Å². The molecule has 6 nitrogen and oxygen atoms in total. The highest BCUT2D eigenvalue weighted by molar-refractivity contribution is 6.30. The van der Waals surface area contributed by atoms with Gasteiger partial charge in [-0.2, -0.15) is 5.10 Å². The molecule has 0 spiro atoms. The van der Waals surface area contributed by atoms with Gasteiger partial charge < -0.3 is 9.84 Å². The second-order valence-corrected chi connectivity index (χ2v) is 7.78. The number of hydrogen-bond donors (Lipinski definition) is 2. The van der Waals surface area contributed by atoms with Gasteiger partial charge in [0, 0.05) is 27.6 Å². The number of nitrogens with zero attached hydrogens (tertiary/aromatic N) is 2. The summed E-state index contributed by atoms with van der Waals surface area (Å²) in [6.45, 7) is 2.58. The summed E-state index contributed by atoms with van der Waals surface area (Å²) < 4.78 is 5.50. The van der Waals surface area contributed by atoms with Crippen molar-refractivity contribution >= 4 is 34.6 Å². The summed E-state index contributed by atoms with van der Waals surface area (Å²) in [6.07, 6.45) is 2.26. The zero-order valence-electron chi connectivity index (χ0n) is 18.0. The first-order chi connectivity index (χ1) is 16.0. The number of benzene rings is 3. The van der Waals surface area contributed by atoms with Crippen LogP contribution in [0.25, 0.3) is 22.2 Å². The molecular formula is C26H22ClN3O3. The fourth-order valence-corrected chi connectivity index (χ4v) is 3.42. The molecule has 7 heteroatoms. The molecule has 1 amide bonds. The number of para-hydroxylation sites is 1. The molecule has 0 radical (unpaired) electrons. The number of rotatable bonds is 7. The summed E-state index contributed by atoms with van der Waals surface area (Å²) in [4.78, 5) is 17.7. The third-order valence-corrected chi connectivity index (χ3v) is 5.20. The van der Waals surface area contributed by atoms with Crippen molar-refractivity contribution in [3.8, 4) is 22.8 Å². The second kappa shape index (κ2) is 10.1. The van der Waals surface area contributed by atoms with E-state index in [1.54, 1.807) is 30.3 Å². The van der Waals surface area contributed by atoms with E-state index >= 15 is 0 Å². The average Bonchev–Trinajstić information content (AvgIpc) is 2.83. The van der Waals surface area contributed by atoms with Crippen molar-refractivity contribution in [3.63, 3.8) is 0 Å². The Labute approximate surface area is 196 Å².